The Kier molecular flexibility index (Phi) is 5.61. The number of carbonyl (C=O) groups excluding carboxylic acids is 1. The third-order valence-corrected chi connectivity index (χ3v) is 4.68. The number of pyridine rings is 1. The molecule has 0 bridgehead atoms. The Balaban J connectivity index is 1.60. The summed E-state index contributed by atoms with van der Waals surface area (Å²) in [6.07, 6.45) is 2.27. The van der Waals surface area contributed by atoms with E-state index >= 15 is 0 Å². The van der Waals surface area contributed by atoms with Crippen LogP contribution in [0.5, 0.6) is 5.75 Å². The first kappa shape index (κ1) is 18.5. The van der Waals surface area contributed by atoms with Crippen molar-refractivity contribution < 1.29 is 13.9 Å². The quantitative estimate of drug-likeness (QED) is 0.807. The molecule has 1 aromatic heterocycles. The minimum Gasteiger partial charge on any atom is -0.489 e. The van der Waals surface area contributed by atoms with Gasteiger partial charge >= 0.3 is 0 Å². The van der Waals surface area contributed by atoms with E-state index in [4.69, 9.17) is 16.3 Å². The summed E-state index contributed by atoms with van der Waals surface area (Å²) >= 11 is 5.76. The molecule has 1 amide bonds. The van der Waals surface area contributed by atoms with Crippen LogP contribution in [0, 0.1) is 5.82 Å². The number of ether oxygens (including phenoxy) is 1. The summed E-state index contributed by atoms with van der Waals surface area (Å²) in [5, 5.41) is 2.73. The normalized spacial score (nSPS) is 17.8. The van der Waals surface area contributed by atoms with Crippen molar-refractivity contribution >= 4 is 23.2 Å². The molecule has 1 saturated heterocycles. The Bertz CT molecular complexity index is 785. The van der Waals surface area contributed by atoms with Gasteiger partial charge in [0.25, 0.3) is 0 Å². The maximum Gasteiger partial charge on any atom is 0.217 e. The highest BCUT2D eigenvalue weighted by Gasteiger charge is 2.26. The Hall–Kier alpha value is -2.34. The predicted octanol–water partition coefficient (Wildman–Crippen LogP) is 3.73. The van der Waals surface area contributed by atoms with E-state index in [1.165, 1.54) is 13.1 Å². The highest BCUT2D eigenvalue weighted by molar-refractivity contribution is 6.29. The van der Waals surface area contributed by atoms with E-state index in [0.29, 0.717) is 18.8 Å². The summed E-state index contributed by atoms with van der Waals surface area (Å²) in [6.45, 7) is 4.71. The van der Waals surface area contributed by atoms with Crippen LogP contribution in [0.2, 0.25) is 5.15 Å². The molecule has 5 nitrogen and oxygen atoms in total. The van der Waals surface area contributed by atoms with Crippen LogP contribution >= 0.6 is 11.6 Å². The van der Waals surface area contributed by atoms with E-state index in [9.17, 15) is 9.18 Å². The molecule has 0 unspecified atom stereocenters. The molecule has 26 heavy (non-hydrogen) atoms. The summed E-state index contributed by atoms with van der Waals surface area (Å²) < 4.78 is 20.1. The number of aromatic nitrogens is 1. The number of anilines is 1. The molecule has 2 aromatic rings. The van der Waals surface area contributed by atoms with E-state index in [1.807, 2.05) is 36.1 Å². The van der Waals surface area contributed by atoms with Gasteiger partial charge in [-0.2, -0.15) is 0 Å². The predicted molar refractivity (Wildman–Crippen MR) is 99.1 cm³/mol. The number of carbonyl (C=O) groups is 1. The van der Waals surface area contributed by atoms with Gasteiger partial charge in [0.2, 0.25) is 5.91 Å². The van der Waals surface area contributed by atoms with Gasteiger partial charge in [0.05, 0.1) is 18.3 Å². The maximum absolute atomic E-state index is 14.1. The van der Waals surface area contributed by atoms with Crippen molar-refractivity contribution in [2.75, 3.05) is 18.0 Å². The van der Waals surface area contributed by atoms with Crippen LogP contribution in [0.25, 0.3) is 0 Å². The van der Waals surface area contributed by atoms with Gasteiger partial charge in [0.1, 0.15) is 11.9 Å². The van der Waals surface area contributed by atoms with Gasteiger partial charge in [-0.05, 0) is 30.7 Å². The monoisotopic (exact) mass is 377 g/mol. The molecule has 1 fully saturated rings. The second-order valence-corrected chi connectivity index (χ2v) is 6.76. The first-order valence-corrected chi connectivity index (χ1v) is 8.90. The van der Waals surface area contributed by atoms with E-state index in [2.05, 4.69) is 10.3 Å². The molecule has 0 spiro atoms. The van der Waals surface area contributed by atoms with Crippen molar-refractivity contribution in [1.82, 2.24) is 10.3 Å². The lowest BCUT2D eigenvalue weighted by atomic mass is 10.1. The van der Waals surface area contributed by atoms with Crippen molar-refractivity contribution in [2.45, 2.75) is 32.4 Å². The Morgan fingerprint density at radius 1 is 1.38 bits per heavy atom. The van der Waals surface area contributed by atoms with Crippen LogP contribution in [-0.4, -0.2) is 30.1 Å². The van der Waals surface area contributed by atoms with E-state index in [0.717, 1.165) is 17.7 Å². The van der Waals surface area contributed by atoms with Gasteiger partial charge in [-0.25, -0.2) is 9.37 Å². The fraction of sp³-hybridized carbons (Fsp3) is 0.368. The summed E-state index contributed by atoms with van der Waals surface area (Å²) in [5.41, 5.74) is 1.46. The topological polar surface area (TPSA) is 54.5 Å². The number of hydrogen-bond acceptors (Lipinski definition) is 4. The summed E-state index contributed by atoms with van der Waals surface area (Å²) in [7, 11) is 0. The first-order valence-electron chi connectivity index (χ1n) is 8.52. The molecule has 1 aliphatic rings. The molecule has 0 radical (unpaired) electrons. The number of benzene rings is 1. The Morgan fingerprint density at radius 2 is 2.12 bits per heavy atom. The largest absolute Gasteiger partial charge is 0.489 e. The van der Waals surface area contributed by atoms with Crippen LogP contribution in [0.1, 0.15) is 31.9 Å². The van der Waals surface area contributed by atoms with Crippen molar-refractivity contribution in [3.63, 3.8) is 0 Å². The number of nitrogens with one attached hydrogen (secondary N) is 1. The molecule has 3 rings (SSSR count). The number of amides is 1. The Morgan fingerprint density at radius 3 is 2.81 bits per heavy atom. The second-order valence-electron chi connectivity index (χ2n) is 6.40. The van der Waals surface area contributed by atoms with Crippen LogP contribution in [0.3, 0.4) is 0 Å². The van der Waals surface area contributed by atoms with Crippen molar-refractivity contribution in [1.29, 1.82) is 0 Å². The Labute approximate surface area is 157 Å². The zero-order valence-corrected chi connectivity index (χ0v) is 15.5. The third-order valence-electron chi connectivity index (χ3n) is 4.41. The van der Waals surface area contributed by atoms with Crippen molar-refractivity contribution in [3.8, 4) is 5.75 Å². The lowest BCUT2D eigenvalue weighted by Gasteiger charge is -2.20. The number of halogens is 2. The fourth-order valence-electron chi connectivity index (χ4n) is 3.11. The molecular formula is C19H21ClFN3O2. The average molecular weight is 378 g/mol. The van der Waals surface area contributed by atoms with Gasteiger partial charge in [-0.15, -0.1) is 0 Å². The van der Waals surface area contributed by atoms with Gasteiger partial charge in [0, 0.05) is 26.1 Å². The number of rotatable bonds is 5. The number of nitrogens with zero attached hydrogens (tertiary/aromatic N) is 2. The van der Waals surface area contributed by atoms with Crippen LogP contribution < -0.4 is 15.0 Å². The highest BCUT2D eigenvalue weighted by Crippen LogP contribution is 2.28. The van der Waals surface area contributed by atoms with Crippen LogP contribution in [-0.2, 0) is 4.79 Å². The highest BCUT2D eigenvalue weighted by atomic mass is 35.5. The standard InChI is InChI=1S/C19H21ClFN3O2/c1-12(23-13(2)25)14-3-5-15(6-4-14)26-16-8-10-24(11-16)17-7-9-22-19(20)18(17)21/h3-7,9,12,16H,8,10-11H2,1-2H3,(H,23,25)/t12-,16+/m0/s1. The first-order chi connectivity index (χ1) is 12.4. The summed E-state index contributed by atoms with van der Waals surface area (Å²) in [4.78, 5) is 16.8. The minimum absolute atomic E-state index is 0.0278. The molecule has 2 atom stereocenters. The van der Waals surface area contributed by atoms with Crippen molar-refractivity contribution in [3.05, 3.63) is 53.1 Å². The third kappa shape index (κ3) is 4.25. The molecule has 1 aromatic carbocycles. The summed E-state index contributed by atoms with van der Waals surface area (Å²) in [5.74, 6) is 0.197. The fourth-order valence-corrected chi connectivity index (χ4v) is 3.27. The zero-order chi connectivity index (χ0) is 18.7. The molecule has 1 aliphatic heterocycles. The van der Waals surface area contributed by atoms with Gasteiger partial charge in [-0.1, -0.05) is 23.7 Å². The summed E-state index contributed by atoms with van der Waals surface area (Å²) in [6, 6.07) is 9.22. The van der Waals surface area contributed by atoms with E-state index in [1.54, 1.807) is 6.07 Å². The molecule has 7 heteroatoms. The smallest absolute Gasteiger partial charge is 0.217 e. The lowest BCUT2D eigenvalue weighted by Crippen LogP contribution is -2.25. The second kappa shape index (κ2) is 7.91. The molecule has 2 heterocycles. The minimum atomic E-state index is -0.494. The zero-order valence-electron chi connectivity index (χ0n) is 14.7. The SMILES string of the molecule is CC(=O)N[C@@H](C)c1ccc(O[C@@H]2CCN(c3ccnc(Cl)c3F)C2)cc1. The van der Waals surface area contributed by atoms with Gasteiger partial charge in [0.15, 0.2) is 11.0 Å². The molecule has 138 valence electrons. The lowest BCUT2D eigenvalue weighted by molar-refractivity contribution is -0.119. The molecule has 0 aliphatic carbocycles. The maximum atomic E-state index is 14.1. The van der Waals surface area contributed by atoms with Crippen LogP contribution in [0.15, 0.2) is 36.5 Å². The van der Waals surface area contributed by atoms with Crippen LogP contribution in [0.4, 0.5) is 10.1 Å². The van der Waals surface area contributed by atoms with E-state index in [-0.39, 0.29) is 23.2 Å². The van der Waals surface area contributed by atoms with Gasteiger partial charge in [-0.3, -0.25) is 4.79 Å². The molecule has 1 N–H and O–H groups in total. The van der Waals surface area contributed by atoms with E-state index < -0.39 is 5.82 Å². The molecule has 0 saturated carbocycles. The van der Waals surface area contributed by atoms with Gasteiger partial charge < -0.3 is 15.0 Å². The molecular weight excluding hydrogens is 357 g/mol. The van der Waals surface area contributed by atoms with Crippen molar-refractivity contribution in [2.24, 2.45) is 0 Å². The average Bonchev–Trinajstić information content (AvgIpc) is 3.05. The number of hydrogen-bond donors (Lipinski definition) is 1.